The Morgan fingerprint density at radius 1 is 1.00 bits per heavy atom. The molecule has 0 radical (unpaired) electrons. The third-order valence-electron chi connectivity index (χ3n) is 5.03. The van der Waals surface area contributed by atoms with Crippen molar-refractivity contribution in [3.63, 3.8) is 0 Å². The number of non-ortho nitro benzene ring substituents is 1. The highest BCUT2D eigenvalue weighted by Crippen LogP contribution is 2.37. The monoisotopic (exact) mass is 438 g/mol. The van der Waals surface area contributed by atoms with Gasteiger partial charge in [-0.15, -0.1) is 0 Å². The van der Waals surface area contributed by atoms with Crippen molar-refractivity contribution in [1.29, 1.82) is 0 Å². The van der Waals surface area contributed by atoms with E-state index in [1.165, 1.54) is 24.3 Å². The van der Waals surface area contributed by atoms with Crippen molar-refractivity contribution in [3.05, 3.63) is 94.0 Å². The maximum atomic E-state index is 11.6. The molecule has 9 nitrogen and oxygen atoms in total. The quantitative estimate of drug-likeness (QED) is 0.463. The van der Waals surface area contributed by atoms with E-state index in [-0.39, 0.29) is 22.4 Å². The van der Waals surface area contributed by atoms with Crippen LogP contribution >= 0.6 is 0 Å². The van der Waals surface area contributed by atoms with Gasteiger partial charge in [0.25, 0.3) is 5.69 Å². The van der Waals surface area contributed by atoms with Gasteiger partial charge >= 0.3 is 0 Å². The molecule has 158 valence electrons. The number of nitrogens with two attached hydrogens (primary N) is 1. The van der Waals surface area contributed by atoms with Crippen molar-refractivity contribution in [1.82, 2.24) is 0 Å². The minimum atomic E-state index is -3.82. The smallest absolute Gasteiger partial charge is 0.269 e. The van der Waals surface area contributed by atoms with Crippen molar-refractivity contribution in [2.24, 2.45) is 10.2 Å². The lowest BCUT2D eigenvalue weighted by molar-refractivity contribution is -0.384. The van der Waals surface area contributed by atoms with Crippen molar-refractivity contribution >= 4 is 27.1 Å². The maximum absolute atomic E-state index is 11.6. The lowest BCUT2D eigenvalue weighted by Gasteiger charge is -2.24. The van der Waals surface area contributed by atoms with E-state index in [1.807, 2.05) is 0 Å². The first-order valence-electron chi connectivity index (χ1n) is 9.26. The first-order valence-corrected chi connectivity index (χ1v) is 10.8. The topological polar surface area (TPSA) is 139 Å². The van der Waals surface area contributed by atoms with E-state index in [1.54, 1.807) is 53.5 Å². The summed E-state index contributed by atoms with van der Waals surface area (Å²) in [4.78, 5) is 10.5. The first-order chi connectivity index (χ1) is 14.7. The number of phenols is 1. The molecule has 0 bridgehead atoms. The van der Waals surface area contributed by atoms with Gasteiger partial charge in [-0.2, -0.15) is 5.10 Å². The fraction of sp³-hybridized carbons (Fsp3) is 0.0952. The molecule has 0 aliphatic carbocycles. The third-order valence-corrected chi connectivity index (χ3v) is 5.96. The zero-order valence-corrected chi connectivity index (χ0v) is 16.9. The van der Waals surface area contributed by atoms with Gasteiger partial charge in [-0.05, 0) is 59.7 Å². The molecule has 0 fully saturated rings. The largest absolute Gasteiger partial charge is 0.508 e. The average Bonchev–Trinajstić information content (AvgIpc) is 3.19. The zero-order chi connectivity index (χ0) is 22.2. The highest BCUT2D eigenvalue weighted by molar-refractivity contribution is 7.89. The maximum Gasteiger partial charge on any atom is 0.269 e. The van der Waals surface area contributed by atoms with Crippen molar-refractivity contribution in [3.8, 4) is 5.75 Å². The SMILES string of the molecule is NS(=O)(=O)c1ccc(N2N=C(c3ccc(O)cc3)CC2c2ccc([N+](=O)[O-])cc2)cc1. The number of nitrogens with zero attached hydrogens (tertiary/aromatic N) is 3. The number of hydrazone groups is 1. The van der Waals surface area contributed by atoms with Gasteiger partial charge in [0.2, 0.25) is 10.0 Å². The molecule has 0 amide bonds. The van der Waals surface area contributed by atoms with Crippen LogP contribution in [0.15, 0.2) is 82.8 Å². The van der Waals surface area contributed by atoms with Crippen molar-refractivity contribution in [2.75, 3.05) is 5.01 Å². The Labute approximate surface area is 178 Å². The van der Waals surface area contributed by atoms with Gasteiger partial charge in [0.1, 0.15) is 5.75 Å². The predicted molar refractivity (Wildman–Crippen MR) is 115 cm³/mol. The van der Waals surface area contributed by atoms with E-state index in [2.05, 4.69) is 0 Å². The van der Waals surface area contributed by atoms with Crippen LogP contribution in [0.5, 0.6) is 5.75 Å². The molecule has 0 aromatic heterocycles. The number of nitro benzene ring substituents is 1. The Balaban J connectivity index is 1.74. The number of benzene rings is 3. The fourth-order valence-electron chi connectivity index (χ4n) is 3.44. The van der Waals surface area contributed by atoms with Crippen molar-refractivity contribution in [2.45, 2.75) is 17.4 Å². The van der Waals surface area contributed by atoms with Gasteiger partial charge in [-0.1, -0.05) is 12.1 Å². The number of nitro groups is 1. The van der Waals surface area contributed by atoms with E-state index in [0.29, 0.717) is 12.1 Å². The highest BCUT2D eigenvalue weighted by atomic mass is 32.2. The number of phenolic OH excluding ortho intramolecular Hbond substituents is 1. The van der Waals surface area contributed by atoms with Crippen LogP contribution in [0, 0.1) is 10.1 Å². The summed E-state index contributed by atoms with van der Waals surface area (Å²) in [5.41, 5.74) is 3.04. The van der Waals surface area contributed by atoms with Gasteiger partial charge < -0.3 is 5.11 Å². The molecule has 1 aliphatic rings. The van der Waals surface area contributed by atoms with Gasteiger partial charge in [0, 0.05) is 18.6 Å². The Bertz CT molecular complexity index is 1250. The van der Waals surface area contributed by atoms with E-state index < -0.39 is 14.9 Å². The second-order valence-electron chi connectivity index (χ2n) is 7.05. The van der Waals surface area contributed by atoms with E-state index >= 15 is 0 Å². The van der Waals surface area contributed by atoms with Crippen LogP contribution in [-0.4, -0.2) is 24.2 Å². The van der Waals surface area contributed by atoms with E-state index in [0.717, 1.165) is 16.8 Å². The second-order valence-corrected chi connectivity index (χ2v) is 8.61. The molecule has 1 heterocycles. The van der Waals surface area contributed by atoms with Crippen LogP contribution in [0.25, 0.3) is 0 Å². The minimum absolute atomic E-state index is 0.00882. The average molecular weight is 438 g/mol. The third kappa shape index (κ3) is 4.25. The zero-order valence-electron chi connectivity index (χ0n) is 16.1. The molecule has 31 heavy (non-hydrogen) atoms. The lowest BCUT2D eigenvalue weighted by atomic mass is 9.98. The van der Waals surface area contributed by atoms with Crippen LogP contribution in [0.3, 0.4) is 0 Å². The molecule has 3 aromatic carbocycles. The van der Waals surface area contributed by atoms with Crippen LogP contribution in [0.1, 0.15) is 23.6 Å². The molecule has 4 rings (SSSR count). The summed E-state index contributed by atoms with van der Waals surface area (Å²) in [6.07, 6.45) is 0.513. The number of aromatic hydroxyl groups is 1. The molecule has 1 atom stereocenters. The summed E-state index contributed by atoms with van der Waals surface area (Å²) in [5.74, 6) is 0.143. The molecular formula is C21H18N4O5S. The number of primary sulfonamides is 1. The van der Waals surface area contributed by atoms with Crippen molar-refractivity contribution < 1.29 is 18.4 Å². The standard InChI is InChI=1S/C21H18N4O5S/c22-31(29,30)19-11-7-16(8-12-19)24-21(15-1-5-17(6-2-15)25(27)28)13-20(23-24)14-3-9-18(26)10-4-14/h1-12,21,26H,13H2,(H2,22,29,30). The molecule has 1 aliphatic heterocycles. The summed E-state index contributed by atoms with van der Waals surface area (Å²) < 4.78 is 23.1. The summed E-state index contributed by atoms with van der Waals surface area (Å²) in [5, 5.41) is 32.2. The summed E-state index contributed by atoms with van der Waals surface area (Å²) in [6.45, 7) is 0. The fourth-order valence-corrected chi connectivity index (χ4v) is 3.96. The Morgan fingerprint density at radius 3 is 2.16 bits per heavy atom. The number of hydrogen-bond acceptors (Lipinski definition) is 7. The number of hydrogen-bond donors (Lipinski definition) is 2. The number of sulfonamides is 1. The summed E-state index contributed by atoms with van der Waals surface area (Å²) in [7, 11) is -3.82. The van der Waals surface area contributed by atoms with Crippen LogP contribution in [0.2, 0.25) is 0 Å². The summed E-state index contributed by atoms with van der Waals surface area (Å²) in [6, 6.07) is 18.7. The molecule has 1 unspecified atom stereocenters. The van der Waals surface area contributed by atoms with Crippen LogP contribution in [0.4, 0.5) is 11.4 Å². The van der Waals surface area contributed by atoms with E-state index in [9.17, 15) is 23.6 Å². The number of anilines is 1. The summed E-state index contributed by atoms with van der Waals surface area (Å²) >= 11 is 0. The van der Waals surface area contributed by atoms with Gasteiger partial charge in [0.05, 0.1) is 27.3 Å². The second kappa shape index (κ2) is 7.82. The van der Waals surface area contributed by atoms with Crippen LogP contribution in [-0.2, 0) is 10.0 Å². The van der Waals surface area contributed by atoms with Gasteiger partial charge in [0.15, 0.2) is 0 Å². The normalized spacial score (nSPS) is 16.2. The predicted octanol–water partition coefficient (Wildman–Crippen LogP) is 3.30. The molecule has 3 aromatic rings. The molecule has 10 heteroatoms. The first kappa shape index (κ1) is 20.5. The van der Waals surface area contributed by atoms with E-state index in [4.69, 9.17) is 10.2 Å². The molecule has 3 N–H and O–H groups in total. The Hall–Kier alpha value is -3.76. The molecule has 0 saturated carbocycles. The molecular weight excluding hydrogens is 420 g/mol. The lowest BCUT2D eigenvalue weighted by Crippen LogP contribution is -2.19. The van der Waals surface area contributed by atoms with Gasteiger partial charge in [-0.3, -0.25) is 15.1 Å². The highest BCUT2D eigenvalue weighted by Gasteiger charge is 2.30. The minimum Gasteiger partial charge on any atom is -0.508 e. The molecule has 0 saturated heterocycles. The Morgan fingerprint density at radius 2 is 1.61 bits per heavy atom. The van der Waals surface area contributed by atoms with Crippen LogP contribution < -0.4 is 10.1 Å². The molecule has 0 spiro atoms. The van der Waals surface area contributed by atoms with Gasteiger partial charge in [-0.25, -0.2) is 13.6 Å². The Kier molecular flexibility index (Phi) is 5.17. The number of rotatable bonds is 5.